The molecule has 3 nitrogen and oxygen atoms in total. The smallest absolute Gasteiger partial charge is 0.222 e. The van der Waals surface area contributed by atoms with Crippen LogP contribution in [0.5, 0.6) is 0 Å². The lowest BCUT2D eigenvalue weighted by Crippen LogP contribution is -2.42. The summed E-state index contributed by atoms with van der Waals surface area (Å²) < 4.78 is 0. The van der Waals surface area contributed by atoms with Crippen LogP contribution in [0, 0.1) is 11.8 Å². The highest BCUT2D eigenvalue weighted by molar-refractivity contribution is 5.83. The Morgan fingerprint density at radius 3 is 2.73 bits per heavy atom. The number of aryl methyl sites for hydroxylation is 1. The quantitative estimate of drug-likeness (QED) is 0.910. The van der Waals surface area contributed by atoms with Crippen LogP contribution in [-0.2, 0) is 11.2 Å². The summed E-state index contributed by atoms with van der Waals surface area (Å²) >= 11 is 0. The zero-order chi connectivity index (χ0) is 15.5. The second-order valence-electron chi connectivity index (χ2n) is 6.96. The molecule has 22 heavy (non-hydrogen) atoms. The summed E-state index contributed by atoms with van der Waals surface area (Å²) in [5.41, 5.74) is 2.51. The van der Waals surface area contributed by atoms with Crippen molar-refractivity contribution in [3.05, 3.63) is 36.0 Å². The van der Waals surface area contributed by atoms with E-state index in [2.05, 4.69) is 48.1 Å². The summed E-state index contributed by atoms with van der Waals surface area (Å²) in [6, 6.07) is 8.36. The number of aromatic nitrogens is 1. The number of hydrogen-bond acceptors (Lipinski definition) is 1. The van der Waals surface area contributed by atoms with Gasteiger partial charge in [-0.3, -0.25) is 4.79 Å². The van der Waals surface area contributed by atoms with Gasteiger partial charge in [-0.15, -0.1) is 0 Å². The van der Waals surface area contributed by atoms with Crippen LogP contribution < -0.4 is 0 Å². The molecule has 1 aliphatic heterocycles. The van der Waals surface area contributed by atoms with E-state index >= 15 is 0 Å². The lowest BCUT2D eigenvalue weighted by atomic mass is 9.91. The number of carbonyl (C=O) groups is 1. The van der Waals surface area contributed by atoms with Gasteiger partial charge in [0.1, 0.15) is 0 Å². The minimum Gasteiger partial charge on any atom is -0.361 e. The second kappa shape index (κ2) is 6.55. The lowest BCUT2D eigenvalue weighted by molar-refractivity contribution is -0.133. The fourth-order valence-corrected chi connectivity index (χ4v) is 3.79. The highest BCUT2D eigenvalue weighted by Gasteiger charge is 2.24. The van der Waals surface area contributed by atoms with E-state index in [1.807, 2.05) is 6.07 Å². The summed E-state index contributed by atoms with van der Waals surface area (Å²) in [5.74, 6) is 1.61. The number of aromatic amines is 1. The molecule has 0 unspecified atom stereocenters. The number of piperidine rings is 1. The Balaban J connectivity index is 1.53. The van der Waals surface area contributed by atoms with Gasteiger partial charge in [0, 0.05) is 36.6 Å². The number of nitrogens with one attached hydrogen (secondary N) is 1. The van der Waals surface area contributed by atoms with E-state index in [4.69, 9.17) is 0 Å². The topological polar surface area (TPSA) is 36.1 Å². The van der Waals surface area contributed by atoms with E-state index in [9.17, 15) is 4.79 Å². The van der Waals surface area contributed by atoms with Gasteiger partial charge in [0.05, 0.1) is 0 Å². The van der Waals surface area contributed by atoms with Gasteiger partial charge in [-0.25, -0.2) is 0 Å². The Bertz CT molecular complexity index is 636. The first-order chi connectivity index (χ1) is 10.6. The van der Waals surface area contributed by atoms with Crippen molar-refractivity contribution >= 4 is 16.8 Å². The first-order valence-electron chi connectivity index (χ1n) is 8.46. The fourth-order valence-electron chi connectivity index (χ4n) is 3.79. The van der Waals surface area contributed by atoms with Crippen LogP contribution in [0.15, 0.2) is 30.5 Å². The van der Waals surface area contributed by atoms with E-state index < -0.39 is 0 Å². The van der Waals surface area contributed by atoms with Crippen molar-refractivity contribution in [2.24, 2.45) is 11.8 Å². The minimum atomic E-state index is 0.332. The molecule has 2 aromatic rings. The number of para-hydroxylation sites is 1. The molecule has 2 heterocycles. The Morgan fingerprint density at radius 2 is 1.95 bits per heavy atom. The van der Waals surface area contributed by atoms with Crippen molar-refractivity contribution in [3.63, 3.8) is 0 Å². The van der Waals surface area contributed by atoms with Crippen molar-refractivity contribution in [2.75, 3.05) is 13.1 Å². The maximum atomic E-state index is 12.4. The predicted molar refractivity (Wildman–Crippen MR) is 90.8 cm³/mol. The van der Waals surface area contributed by atoms with Gasteiger partial charge in [-0.2, -0.15) is 0 Å². The number of likely N-dealkylation sites (tertiary alicyclic amines) is 1. The van der Waals surface area contributed by atoms with E-state index in [1.54, 1.807) is 0 Å². The molecule has 3 heteroatoms. The van der Waals surface area contributed by atoms with Crippen LogP contribution in [0.1, 0.15) is 38.7 Å². The molecule has 2 atom stereocenters. The second-order valence-corrected chi connectivity index (χ2v) is 6.96. The molecule has 0 bridgehead atoms. The Kier molecular flexibility index (Phi) is 4.51. The molecular formula is C19H26N2O. The van der Waals surface area contributed by atoms with Gasteiger partial charge in [0.25, 0.3) is 0 Å². The van der Waals surface area contributed by atoms with Crippen molar-refractivity contribution < 1.29 is 4.79 Å². The predicted octanol–water partition coefficient (Wildman–Crippen LogP) is 4.00. The number of H-pyrrole nitrogens is 1. The fraction of sp³-hybridized carbons (Fsp3) is 0.526. The summed E-state index contributed by atoms with van der Waals surface area (Å²) in [6.07, 6.45) is 5.90. The minimum absolute atomic E-state index is 0.332. The number of carbonyl (C=O) groups excluding carboxylic acids is 1. The molecule has 0 spiro atoms. The molecule has 0 radical (unpaired) electrons. The van der Waals surface area contributed by atoms with Gasteiger partial charge in [-0.1, -0.05) is 32.0 Å². The Labute approximate surface area is 132 Å². The lowest BCUT2D eigenvalue weighted by Gasteiger charge is -2.35. The van der Waals surface area contributed by atoms with Crippen molar-refractivity contribution in [1.82, 2.24) is 9.88 Å². The number of amides is 1. The van der Waals surface area contributed by atoms with Gasteiger partial charge >= 0.3 is 0 Å². The van der Waals surface area contributed by atoms with E-state index in [0.29, 0.717) is 24.2 Å². The van der Waals surface area contributed by atoms with E-state index in [0.717, 1.165) is 25.9 Å². The zero-order valence-electron chi connectivity index (χ0n) is 13.6. The maximum absolute atomic E-state index is 12.4. The van der Waals surface area contributed by atoms with Gasteiger partial charge in [0.15, 0.2) is 0 Å². The van der Waals surface area contributed by atoms with Gasteiger partial charge in [0.2, 0.25) is 5.91 Å². The van der Waals surface area contributed by atoms with Crippen LogP contribution in [0.4, 0.5) is 0 Å². The zero-order valence-corrected chi connectivity index (χ0v) is 13.6. The van der Waals surface area contributed by atoms with Crippen LogP contribution in [0.25, 0.3) is 10.9 Å². The summed E-state index contributed by atoms with van der Waals surface area (Å²) in [7, 11) is 0. The Hall–Kier alpha value is -1.77. The van der Waals surface area contributed by atoms with Crippen LogP contribution >= 0.6 is 0 Å². The third-order valence-corrected chi connectivity index (χ3v) is 4.73. The number of benzene rings is 1. The molecule has 1 aromatic heterocycles. The number of hydrogen-bond donors (Lipinski definition) is 1. The van der Waals surface area contributed by atoms with Crippen molar-refractivity contribution in [2.45, 2.75) is 39.5 Å². The molecule has 1 N–H and O–H groups in total. The summed E-state index contributed by atoms with van der Waals surface area (Å²) in [6.45, 7) is 6.39. The van der Waals surface area contributed by atoms with E-state index in [1.165, 1.54) is 22.9 Å². The third-order valence-electron chi connectivity index (χ3n) is 4.73. The SMILES string of the molecule is C[C@@H]1C[C@H](C)CN(C(=O)CCCc2c[nH]c3ccccc23)C1. The highest BCUT2D eigenvalue weighted by Crippen LogP contribution is 2.23. The Morgan fingerprint density at radius 1 is 1.23 bits per heavy atom. The normalized spacial score (nSPS) is 22.2. The average Bonchev–Trinajstić information content (AvgIpc) is 2.90. The molecular weight excluding hydrogens is 272 g/mol. The molecule has 3 rings (SSSR count). The molecule has 1 aromatic carbocycles. The molecule has 1 amide bonds. The first-order valence-corrected chi connectivity index (χ1v) is 8.46. The number of fused-ring (bicyclic) bond motifs is 1. The largest absolute Gasteiger partial charge is 0.361 e. The van der Waals surface area contributed by atoms with Crippen LogP contribution in [0.3, 0.4) is 0 Å². The molecule has 1 aliphatic rings. The van der Waals surface area contributed by atoms with E-state index in [-0.39, 0.29) is 0 Å². The number of nitrogens with zero attached hydrogens (tertiary/aromatic N) is 1. The van der Waals surface area contributed by atoms with Crippen molar-refractivity contribution in [3.8, 4) is 0 Å². The van der Waals surface area contributed by atoms with Crippen LogP contribution in [0.2, 0.25) is 0 Å². The highest BCUT2D eigenvalue weighted by atomic mass is 16.2. The molecule has 0 saturated carbocycles. The van der Waals surface area contributed by atoms with Crippen molar-refractivity contribution in [1.29, 1.82) is 0 Å². The molecule has 1 saturated heterocycles. The summed E-state index contributed by atoms with van der Waals surface area (Å²) in [4.78, 5) is 17.8. The number of rotatable bonds is 4. The summed E-state index contributed by atoms with van der Waals surface area (Å²) in [5, 5.41) is 1.29. The average molecular weight is 298 g/mol. The first kappa shape index (κ1) is 15.1. The maximum Gasteiger partial charge on any atom is 0.222 e. The third kappa shape index (κ3) is 3.34. The van der Waals surface area contributed by atoms with Gasteiger partial charge in [-0.05, 0) is 42.7 Å². The monoisotopic (exact) mass is 298 g/mol. The molecule has 1 fully saturated rings. The van der Waals surface area contributed by atoms with Gasteiger partial charge < -0.3 is 9.88 Å². The standard InChI is InChI=1S/C19H26N2O/c1-14-10-15(2)13-21(12-14)19(22)9-5-6-16-11-20-18-8-4-3-7-17(16)18/h3-4,7-8,11,14-15,20H,5-6,9-10,12-13H2,1-2H3/t14-,15+. The molecule has 0 aliphatic carbocycles. The molecule has 118 valence electrons. The van der Waals surface area contributed by atoms with Crippen LogP contribution in [-0.4, -0.2) is 28.9 Å².